The molecule has 2 saturated heterocycles. The van der Waals surface area contributed by atoms with Crippen LogP contribution in [0, 0.1) is 0 Å². The highest BCUT2D eigenvalue weighted by atomic mass is 32.2. The maximum Gasteiger partial charge on any atom is 0.253 e. The van der Waals surface area contributed by atoms with Gasteiger partial charge in [0, 0.05) is 50.7 Å². The van der Waals surface area contributed by atoms with Crippen LogP contribution in [-0.4, -0.2) is 66.6 Å². The van der Waals surface area contributed by atoms with Crippen LogP contribution >= 0.6 is 0 Å². The molecular formula is C26H32N4O4S. The summed E-state index contributed by atoms with van der Waals surface area (Å²) in [6, 6.07) is 10.2. The monoisotopic (exact) mass is 496 g/mol. The minimum absolute atomic E-state index is 0.0226. The van der Waals surface area contributed by atoms with Crippen molar-refractivity contribution in [2.45, 2.75) is 49.5 Å². The molecule has 35 heavy (non-hydrogen) atoms. The van der Waals surface area contributed by atoms with Gasteiger partial charge < -0.3 is 10.2 Å². The average Bonchev–Trinajstić information content (AvgIpc) is 3.19. The van der Waals surface area contributed by atoms with Gasteiger partial charge in [-0.05, 0) is 61.6 Å². The Labute approximate surface area is 207 Å². The fraction of sp³-hybridized carbons (Fsp3) is 0.423. The highest BCUT2D eigenvalue weighted by Gasteiger charge is 2.25. The third-order valence-electron chi connectivity index (χ3n) is 6.57. The third kappa shape index (κ3) is 6.55. The second-order valence-electron chi connectivity index (χ2n) is 9.04. The lowest BCUT2D eigenvalue weighted by Crippen LogP contribution is -2.46. The van der Waals surface area contributed by atoms with Gasteiger partial charge in [0.05, 0.1) is 10.5 Å². The molecule has 1 N–H and O–H groups in total. The van der Waals surface area contributed by atoms with Crippen LogP contribution in [0.4, 0.5) is 0 Å². The van der Waals surface area contributed by atoms with E-state index < -0.39 is 10.0 Å². The molecule has 0 atom stereocenters. The topological polar surface area (TPSA) is 99.7 Å². The Balaban J connectivity index is 1.28. The van der Waals surface area contributed by atoms with Crippen molar-refractivity contribution in [2.24, 2.45) is 0 Å². The number of nitrogens with one attached hydrogen (secondary N) is 1. The summed E-state index contributed by atoms with van der Waals surface area (Å²) in [7, 11) is -3.48. The van der Waals surface area contributed by atoms with E-state index in [1.54, 1.807) is 57.9 Å². The van der Waals surface area contributed by atoms with E-state index in [4.69, 9.17) is 0 Å². The summed E-state index contributed by atoms with van der Waals surface area (Å²) < 4.78 is 27.4. The summed E-state index contributed by atoms with van der Waals surface area (Å²) in [4.78, 5) is 30.9. The summed E-state index contributed by atoms with van der Waals surface area (Å²) in [6.45, 7) is 2.27. The lowest BCUT2D eigenvalue weighted by atomic mass is 10.0. The van der Waals surface area contributed by atoms with Crippen LogP contribution in [-0.2, 0) is 14.8 Å². The molecule has 2 amide bonds. The number of benzene rings is 1. The molecule has 2 aliphatic heterocycles. The summed E-state index contributed by atoms with van der Waals surface area (Å²) in [5.41, 5.74) is 1.30. The number of hydrogen-bond donors (Lipinski definition) is 1. The number of carbonyl (C=O) groups is 2. The number of carbonyl (C=O) groups excluding carboxylic acids is 2. The van der Waals surface area contributed by atoms with E-state index in [1.165, 1.54) is 12.3 Å². The van der Waals surface area contributed by atoms with E-state index >= 15 is 0 Å². The molecule has 0 aliphatic carbocycles. The molecule has 3 heterocycles. The molecule has 4 rings (SSSR count). The van der Waals surface area contributed by atoms with Crippen molar-refractivity contribution in [2.75, 3.05) is 26.2 Å². The highest BCUT2D eigenvalue weighted by Crippen LogP contribution is 2.21. The first-order valence-corrected chi connectivity index (χ1v) is 13.7. The van der Waals surface area contributed by atoms with E-state index in [2.05, 4.69) is 10.3 Å². The van der Waals surface area contributed by atoms with Gasteiger partial charge in [-0.15, -0.1) is 0 Å². The lowest BCUT2D eigenvalue weighted by molar-refractivity contribution is -0.127. The van der Waals surface area contributed by atoms with Gasteiger partial charge in [-0.1, -0.05) is 25.0 Å². The molecule has 1 aromatic carbocycles. The molecule has 0 spiro atoms. The molecule has 0 saturated carbocycles. The van der Waals surface area contributed by atoms with Gasteiger partial charge >= 0.3 is 0 Å². The molecule has 0 bridgehead atoms. The maximum atomic E-state index is 12.9. The molecule has 9 heteroatoms. The SMILES string of the molecule is O=C(NC1CCN(C(=O)/C=C/c2ccc(S(=O)(=O)N3CCCCCC3)cc2)CC1)c1cccnc1. The Hall–Kier alpha value is -3.04. The van der Waals surface area contributed by atoms with Crippen LogP contribution in [0.2, 0.25) is 0 Å². The van der Waals surface area contributed by atoms with Gasteiger partial charge in [-0.3, -0.25) is 14.6 Å². The number of amides is 2. The molecule has 0 unspecified atom stereocenters. The summed E-state index contributed by atoms with van der Waals surface area (Å²) in [5, 5.41) is 3.01. The van der Waals surface area contributed by atoms with Crippen molar-refractivity contribution in [3.8, 4) is 0 Å². The van der Waals surface area contributed by atoms with E-state index in [0.717, 1.165) is 31.2 Å². The van der Waals surface area contributed by atoms with Crippen LogP contribution < -0.4 is 5.32 Å². The average molecular weight is 497 g/mol. The minimum Gasteiger partial charge on any atom is -0.349 e. The first-order chi connectivity index (χ1) is 16.9. The highest BCUT2D eigenvalue weighted by molar-refractivity contribution is 7.89. The number of sulfonamides is 1. The van der Waals surface area contributed by atoms with E-state index in [0.29, 0.717) is 49.5 Å². The van der Waals surface area contributed by atoms with E-state index in [9.17, 15) is 18.0 Å². The normalized spacial score (nSPS) is 18.3. The number of piperidine rings is 1. The van der Waals surface area contributed by atoms with E-state index in [-0.39, 0.29) is 17.9 Å². The zero-order valence-electron chi connectivity index (χ0n) is 19.8. The van der Waals surface area contributed by atoms with Gasteiger partial charge in [0.15, 0.2) is 0 Å². The zero-order valence-corrected chi connectivity index (χ0v) is 20.6. The second kappa shape index (κ2) is 11.6. The fourth-order valence-corrected chi connectivity index (χ4v) is 5.98. The van der Waals surface area contributed by atoms with Crippen molar-refractivity contribution >= 4 is 27.9 Å². The van der Waals surface area contributed by atoms with Crippen LogP contribution in [0.5, 0.6) is 0 Å². The number of aromatic nitrogens is 1. The van der Waals surface area contributed by atoms with Crippen LogP contribution in [0.25, 0.3) is 6.08 Å². The van der Waals surface area contributed by atoms with Crippen LogP contribution in [0.1, 0.15) is 54.4 Å². The van der Waals surface area contributed by atoms with Gasteiger partial charge in [-0.2, -0.15) is 4.31 Å². The minimum atomic E-state index is -3.48. The lowest BCUT2D eigenvalue weighted by Gasteiger charge is -2.31. The van der Waals surface area contributed by atoms with Gasteiger partial charge in [-0.25, -0.2) is 8.42 Å². The van der Waals surface area contributed by atoms with Crippen LogP contribution in [0.15, 0.2) is 59.8 Å². The molecule has 2 aromatic rings. The van der Waals surface area contributed by atoms with Gasteiger partial charge in [0.1, 0.15) is 0 Å². The largest absolute Gasteiger partial charge is 0.349 e. The predicted molar refractivity (Wildman–Crippen MR) is 134 cm³/mol. The molecule has 0 radical (unpaired) electrons. The van der Waals surface area contributed by atoms with Crippen LogP contribution in [0.3, 0.4) is 0 Å². The predicted octanol–water partition coefficient (Wildman–Crippen LogP) is 3.08. The quantitative estimate of drug-likeness (QED) is 0.620. The number of nitrogens with zero attached hydrogens (tertiary/aromatic N) is 3. The standard InChI is InChI=1S/C26H32N4O4S/c31-25(29-18-13-23(14-19-29)28-26(32)22-6-5-15-27-20-22)12-9-21-7-10-24(11-8-21)35(33,34)30-16-3-1-2-4-17-30/h5-12,15,20,23H,1-4,13-14,16-19H2,(H,28,32)/b12-9+. The Bertz CT molecular complexity index is 1130. The number of likely N-dealkylation sites (tertiary alicyclic amines) is 1. The van der Waals surface area contributed by atoms with E-state index in [1.807, 2.05) is 0 Å². The maximum absolute atomic E-state index is 12.9. The number of pyridine rings is 1. The summed E-state index contributed by atoms with van der Waals surface area (Å²) in [5.74, 6) is -0.243. The molecular weight excluding hydrogens is 464 g/mol. The Morgan fingerprint density at radius 1 is 0.943 bits per heavy atom. The molecule has 1 aromatic heterocycles. The third-order valence-corrected chi connectivity index (χ3v) is 8.48. The second-order valence-corrected chi connectivity index (χ2v) is 11.0. The number of rotatable bonds is 6. The van der Waals surface area contributed by atoms with Crippen molar-refractivity contribution in [1.82, 2.24) is 19.5 Å². The van der Waals surface area contributed by atoms with Crippen molar-refractivity contribution < 1.29 is 18.0 Å². The van der Waals surface area contributed by atoms with Gasteiger partial charge in [0.2, 0.25) is 15.9 Å². The van der Waals surface area contributed by atoms with Crippen molar-refractivity contribution in [3.63, 3.8) is 0 Å². The first kappa shape index (κ1) is 25.1. The number of hydrogen-bond acceptors (Lipinski definition) is 5. The molecule has 2 fully saturated rings. The van der Waals surface area contributed by atoms with Crippen molar-refractivity contribution in [1.29, 1.82) is 0 Å². The summed E-state index contributed by atoms with van der Waals surface area (Å²) in [6.07, 6.45) is 11.7. The Kier molecular flexibility index (Phi) is 8.30. The van der Waals surface area contributed by atoms with Crippen molar-refractivity contribution in [3.05, 3.63) is 66.0 Å². The fourth-order valence-electron chi connectivity index (χ4n) is 4.46. The summed E-state index contributed by atoms with van der Waals surface area (Å²) >= 11 is 0. The first-order valence-electron chi connectivity index (χ1n) is 12.2. The Morgan fingerprint density at radius 2 is 1.63 bits per heavy atom. The molecule has 2 aliphatic rings. The molecule has 8 nitrogen and oxygen atoms in total. The molecule has 186 valence electrons. The Morgan fingerprint density at radius 3 is 2.26 bits per heavy atom. The smallest absolute Gasteiger partial charge is 0.253 e. The van der Waals surface area contributed by atoms with Gasteiger partial charge in [0.25, 0.3) is 5.91 Å². The zero-order chi connectivity index (χ0) is 24.7.